The van der Waals surface area contributed by atoms with E-state index in [4.69, 9.17) is 13.9 Å². The highest BCUT2D eigenvalue weighted by atomic mass is 16.5. The minimum absolute atomic E-state index is 0.514. The van der Waals surface area contributed by atoms with Gasteiger partial charge in [0, 0.05) is 44.9 Å². The summed E-state index contributed by atoms with van der Waals surface area (Å²) in [4.78, 5) is 9.32. The first kappa shape index (κ1) is 17.9. The van der Waals surface area contributed by atoms with Gasteiger partial charge in [0.15, 0.2) is 5.76 Å². The average molecular weight is 345 g/mol. The summed E-state index contributed by atoms with van der Waals surface area (Å²) >= 11 is 0. The maximum atomic E-state index is 5.95. The van der Waals surface area contributed by atoms with Crippen molar-refractivity contribution < 1.29 is 13.9 Å². The van der Waals surface area contributed by atoms with Crippen LogP contribution in [0.1, 0.15) is 12.8 Å². The zero-order valence-corrected chi connectivity index (χ0v) is 15.3. The SMILES string of the molecule is COCCN1CCN(Cc2ncc(-c3ccc(OC)cc3)o2)C[C@@H]1C. The van der Waals surface area contributed by atoms with Crippen molar-refractivity contribution in [1.29, 1.82) is 0 Å². The van der Waals surface area contributed by atoms with E-state index in [-0.39, 0.29) is 0 Å². The van der Waals surface area contributed by atoms with Crippen molar-refractivity contribution in [3.8, 4) is 17.1 Å². The van der Waals surface area contributed by atoms with E-state index >= 15 is 0 Å². The maximum absolute atomic E-state index is 5.95. The highest BCUT2D eigenvalue weighted by molar-refractivity contribution is 5.57. The Bertz CT molecular complexity index is 656. The van der Waals surface area contributed by atoms with Crippen molar-refractivity contribution in [2.75, 3.05) is 47.0 Å². The fraction of sp³-hybridized carbons (Fsp3) is 0.526. The van der Waals surface area contributed by atoms with Gasteiger partial charge in [0.1, 0.15) is 5.75 Å². The summed E-state index contributed by atoms with van der Waals surface area (Å²) in [5, 5.41) is 0. The lowest BCUT2D eigenvalue weighted by molar-refractivity contribution is 0.0522. The van der Waals surface area contributed by atoms with Crippen molar-refractivity contribution in [3.63, 3.8) is 0 Å². The lowest BCUT2D eigenvalue weighted by Crippen LogP contribution is -2.52. The molecule has 1 aromatic carbocycles. The van der Waals surface area contributed by atoms with Gasteiger partial charge in [-0.3, -0.25) is 9.80 Å². The molecule has 1 aliphatic rings. The van der Waals surface area contributed by atoms with Crippen molar-refractivity contribution >= 4 is 0 Å². The lowest BCUT2D eigenvalue weighted by atomic mass is 10.2. The number of methoxy groups -OCH3 is 2. The van der Waals surface area contributed by atoms with E-state index < -0.39 is 0 Å². The molecule has 3 rings (SSSR count). The molecule has 0 N–H and O–H groups in total. The Morgan fingerprint density at radius 1 is 1.20 bits per heavy atom. The first-order chi connectivity index (χ1) is 12.2. The van der Waals surface area contributed by atoms with Gasteiger partial charge in [-0.25, -0.2) is 4.98 Å². The summed E-state index contributed by atoms with van der Waals surface area (Å²) < 4.78 is 16.3. The first-order valence-corrected chi connectivity index (χ1v) is 8.74. The van der Waals surface area contributed by atoms with Crippen molar-refractivity contribution in [2.24, 2.45) is 0 Å². The van der Waals surface area contributed by atoms with Crippen molar-refractivity contribution in [3.05, 3.63) is 36.4 Å². The van der Waals surface area contributed by atoms with Crippen LogP contribution in [0, 0.1) is 0 Å². The van der Waals surface area contributed by atoms with Gasteiger partial charge in [-0.05, 0) is 31.2 Å². The van der Waals surface area contributed by atoms with E-state index in [0.29, 0.717) is 6.04 Å². The Kier molecular flexibility index (Phi) is 6.07. The van der Waals surface area contributed by atoms with Gasteiger partial charge < -0.3 is 13.9 Å². The van der Waals surface area contributed by atoms with E-state index in [1.165, 1.54) is 0 Å². The molecule has 0 radical (unpaired) electrons. The second kappa shape index (κ2) is 8.47. The van der Waals surface area contributed by atoms with Gasteiger partial charge in [-0.1, -0.05) is 0 Å². The van der Waals surface area contributed by atoms with E-state index in [1.807, 2.05) is 24.3 Å². The zero-order valence-electron chi connectivity index (χ0n) is 15.3. The molecule has 6 nitrogen and oxygen atoms in total. The summed E-state index contributed by atoms with van der Waals surface area (Å²) in [6, 6.07) is 8.34. The molecular weight excluding hydrogens is 318 g/mol. The monoisotopic (exact) mass is 345 g/mol. The molecule has 136 valence electrons. The minimum atomic E-state index is 0.514. The van der Waals surface area contributed by atoms with Crippen LogP contribution in [-0.2, 0) is 11.3 Å². The predicted octanol–water partition coefficient (Wildman–Crippen LogP) is 2.50. The van der Waals surface area contributed by atoms with Crippen LogP contribution in [0.15, 0.2) is 34.9 Å². The van der Waals surface area contributed by atoms with Gasteiger partial charge in [-0.15, -0.1) is 0 Å². The van der Waals surface area contributed by atoms with Crippen LogP contribution >= 0.6 is 0 Å². The van der Waals surface area contributed by atoms with E-state index in [1.54, 1.807) is 20.4 Å². The Balaban J connectivity index is 1.56. The van der Waals surface area contributed by atoms with E-state index in [0.717, 1.165) is 62.3 Å². The molecule has 0 saturated carbocycles. The molecule has 0 aliphatic carbocycles. The van der Waals surface area contributed by atoms with Gasteiger partial charge >= 0.3 is 0 Å². The largest absolute Gasteiger partial charge is 0.497 e. The summed E-state index contributed by atoms with van der Waals surface area (Å²) in [7, 11) is 3.42. The number of ether oxygens (including phenoxy) is 2. The third-order valence-corrected chi connectivity index (χ3v) is 4.72. The third kappa shape index (κ3) is 4.60. The second-order valence-corrected chi connectivity index (χ2v) is 6.46. The van der Waals surface area contributed by atoms with Crippen LogP contribution < -0.4 is 4.74 Å². The zero-order chi connectivity index (χ0) is 17.6. The summed E-state index contributed by atoms with van der Waals surface area (Å²) in [6.45, 7) is 7.88. The number of benzene rings is 1. The molecule has 1 atom stereocenters. The van der Waals surface area contributed by atoms with Gasteiger partial charge in [0.05, 0.1) is 26.5 Å². The molecule has 0 unspecified atom stereocenters. The Morgan fingerprint density at radius 2 is 2.00 bits per heavy atom. The second-order valence-electron chi connectivity index (χ2n) is 6.46. The number of hydrogen-bond acceptors (Lipinski definition) is 6. The first-order valence-electron chi connectivity index (χ1n) is 8.74. The Labute approximate surface area is 149 Å². The van der Waals surface area contributed by atoms with E-state index in [2.05, 4.69) is 21.7 Å². The lowest BCUT2D eigenvalue weighted by Gasteiger charge is -2.39. The van der Waals surface area contributed by atoms with Crippen molar-refractivity contribution in [1.82, 2.24) is 14.8 Å². The Hall–Kier alpha value is -1.89. The van der Waals surface area contributed by atoms with Crippen LogP contribution in [0.25, 0.3) is 11.3 Å². The van der Waals surface area contributed by atoms with Crippen molar-refractivity contribution in [2.45, 2.75) is 19.5 Å². The van der Waals surface area contributed by atoms with Gasteiger partial charge in [0.25, 0.3) is 0 Å². The highest BCUT2D eigenvalue weighted by Crippen LogP contribution is 2.24. The standard InChI is InChI=1S/C19H27N3O3/c1-15-13-21(8-9-22(15)10-11-23-2)14-19-20-12-18(25-19)16-4-6-17(24-3)7-5-16/h4-7,12,15H,8-11,13-14H2,1-3H3/t15-/m0/s1. The molecule has 0 amide bonds. The van der Waals surface area contributed by atoms with Crippen LogP contribution in [0.3, 0.4) is 0 Å². The fourth-order valence-electron chi connectivity index (χ4n) is 3.22. The number of rotatable bonds is 7. The molecule has 1 aliphatic heterocycles. The highest BCUT2D eigenvalue weighted by Gasteiger charge is 2.24. The number of aromatic nitrogens is 1. The smallest absolute Gasteiger partial charge is 0.209 e. The molecule has 1 saturated heterocycles. The average Bonchev–Trinajstić information content (AvgIpc) is 3.09. The summed E-state index contributed by atoms with van der Waals surface area (Å²) in [5.41, 5.74) is 1.01. The third-order valence-electron chi connectivity index (χ3n) is 4.72. The number of nitrogens with zero attached hydrogens (tertiary/aromatic N) is 3. The fourth-order valence-corrected chi connectivity index (χ4v) is 3.22. The van der Waals surface area contributed by atoms with Crippen LogP contribution in [0.4, 0.5) is 0 Å². The van der Waals surface area contributed by atoms with Crippen LogP contribution in [0.5, 0.6) is 5.75 Å². The number of hydrogen-bond donors (Lipinski definition) is 0. The normalized spacial score (nSPS) is 19.2. The molecule has 2 aromatic rings. The van der Waals surface area contributed by atoms with E-state index in [9.17, 15) is 0 Å². The van der Waals surface area contributed by atoms with Crippen LogP contribution in [-0.4, -0.2) is 67.8 Å². The maximum Gasteiger partial charge on any atom is 0.209 e. The number of oxazole rings is 1. The topological polar surface area (TPSA) is 51.0 Å². The Morgan fingerprint density at radius 3 is 2.68 bits per heavy atom. The molecule has 0 bridgehead atoms. The molecule has 1 fully saturated rings. The van der Waals surface area contributed by atoms with Gasteiger partial charge in [0.2, 0.25) is 5.89 Å². The predicted molar refractivity (Wildman–Crippen MR) is 96.7 cm³/mol. The summed E-state index contributed by atoms with van der Waals surface area (Å²) in [6.07, 6.45) is 1.80. The molecule has 2 heterocycles. The molecular formula is C19H27N3O3. The molecule has 0 spiro atoms. The molecule has 25 heavy (non-hydrogen) atoms. The van der Waals surface area contributed by atoms with Gasteiger partial charge in [-0.2, -0.15) is 0 Å². The van der Waals surface area contributed by atoms with Crippen LogP contribution in [0.2, 0.25) is 0 Å². The number of piperazine rings is 1. The minimum Gasteiger partial charge on any atom is -0.497 e. The molecule has 1 aromatic heterocycles. The molecule has 6 heteroatoms. The quantitative estimate of drug-likeness (QED) is 0.768. The summed E-state index contributed by atoms with van der Waals surface area (Å²) in [5.74, 6) is 2.40.